The molecule has 0 saturated carbocycles. The Bertz CT molecular complexity index is 357. The Morgan fingerprint density at radius 1 is 1.33 bits per heavy atom. The number of hydrogen-bond donors (Lipinski definition) is 3. The molecule has 1 amide bonds. The molecular weight excluding hydrogens is 252 g/mol. The Morgan fingerprint density at radius 3 is 2.39 bits per heavy atom. The third-order valence-electron chi connectivity index (χ3n) is 2.67. The minimum atomic E-state index is -0.695. The van der Waals surface area contributed by atoms with Crippen molar-refractivity contribution in [3.63, 3.8) is 0 Å². The van der Waals surface area contributed by atoms with Gasteiger partial charge in [0.2, 0.25) is 5.91 Å². The highest BCUT2D eigenvalue weighted by atomic mass is 35.5. The quantitative estimate of drug-likeness (QED) is 0.755. The van der Waals surface area contributed by atoms with Crippen molar-refractivity contribution < 1.29 is 9.90 Å². The van der Waals surface area contributed by atoms with Crippen LogP contribution in [0.15, 0.2) is 30.3 Å². The monoisotopic (exact) mass is 272 g/mol. The van der Waals surface area contributed by atoms with Crippen LogP contribution in [-0.4, -0.2) is 23.6 Å². The van der Waals surface area contributed by atoms with Crippen LogP contribution >= 0.6 is 12.4 Å². The lowest BCUT2D eigenvalue weighted by molar-refractivity contribution is -0.123. The first kappa shape index (κ1) is 16.9. The molecule has 0 saturated heterocycles. The molecule has 18 heavy (non-hydrogen) atoms. The maximum absolute atomic E-state index is 11.6. The van der Waals surface area contributed by atoms with Crippen LogP contribution in [0.3, 0.4) is 0 Å². The van der Waals surface area contributed by atoms with Crippen LogP contribution in [0.5, 0.6) is 0 Å². The lowest BCUT2D eigenvalue weighted by Gasteiger charge is -2.17. The number of aliphatic hydroxyl groups excluding tert-OH is 1. The van der Waals surface area contributed by atoms with Crippen molar-refractivity contribution >= 4 is 18.3 Å². The summed E-state index contributed by atoms with van der Waals surface area (Å²) < 4.78 is 0. The van der Waals surface area contributed by atoms with E-state index in [1.54, 1.807) is 0 Å². The van der Waals surface area contributed by atoms with Gasteiger partial charge in [0.1, 0.15) is 0 Å². The van der Waals surface area contributed by atoms with Crippen molar-refractivity contribution in [1.29, 1.82) is 0 Å². The maximum Gasteiger partial charge on any atom is 0.237 e. The highest BCUT2D eigenvalue weighted by Gasteiger charge is 2.18. The van der Waals surface area contributed by atoms with Crippen LogP contribution < -0.4 is 11.1 Å². The van der Waals surface area contributed by atoms with E-state index >= 15 is 0 Å². The van der Waals surface area contributed by atoms with Crippen molar-refractivity contribution in [2.45, 2.75) is 26.0 Å². The van der Waals surface area contributed by atoms with Gasteiger partial charge in [0.05, 0.1) is 12.1 Å². The van der Waals surface area contributed by atoms with Gasteiger partial charge in [-0.25, -0.2) is 0 Å². The third kappa shape index (κ3) is 5.04. The Kier molecular flexibility index (Phi) is 7.59. The number of carbonyl (C=O) groups is 1. The maximum atomic E-state index is 11.6. The summed E-state index contributed by atoms with van der Waals surface area (Å²) in [5, 5.41) is 12.5. The van der Waals surface area contributed by atoms with E-state index in [0.29, 0.717) is 0 Å². The zero-order valence-electron chi connectivity index (χ0n) is 10.7. The molecule has 0 heterocycles. The van der Waals surface area contributed by atoms with E-state index in [4.69, 9.17) is 5.73 Å². The molecule has 1 aromatic carbocycles. The van der Waals surface area contributed by atoms with Crippen molar-refractivity contribution in [3.05, 3.63) is 35.9 Å². The van der Waals surface area contributed by atoms with Gasteiger partial charge in [-0.2, -0.15) is 0 Å². The molecule has 0 spiro atoms. The molecule has 0 aliphatic carbocycles. The predicted octanol–water partition coefficient (Wildman–Crippen LogP) is 1.24. The number of halogens is 1. The van der Waals surface area contributed by atoms with Crippen LogP contribution in [0.2, 0.25) is 0 Å². The van der Waals surface area contributed by atoms with E-state index in [-0.39, 0.29) is 30.8 Å². The van der Waals surface area contributed by atoms with Gasteiger partial charge in [-0.05, 0) is 11.5 Å². The molecular formula is C13H21ClN2O2. The SMILES string of the molecule is CC(C)[C@@H](N)C(=O)NCC(O)c1ccccc1.Cl. The summed E-state index contributed by atoms with van der Waals surface area (Å²) in [6.45, 7) is 3.96. The summed E-state index contributed by atoms with van der Waals surface area (Å²) in [5.74, 6) is -0.140. The first-order valence-electron chi connectivity index (χ1n) is 5.78. The van der Waals surface area contributed by atoms with Crippen LogP contribution in [0.4, 0.5) is 0 Å². The number of aliphatic hydroxyl groups is 1. The van der Waals surface area contributed by atoms with Gasteiger partial charge in [-0.15, -0.1) is 12.4 Å². The summed E-state index contributed by atoms with van der Waals surface area (Å²) >= 11 is 0. The fourth-order valence-electron chi connectivity index (χ4n) is 1.41. The number of rotatable bonds is 5. The van der Waals surface area contributed by atoms with Gasteiger partial charge < -0.3 is 16.2 Å². The normalized spacial score (nSPS) is 13.6. The average Bonchev–Trinajstić information content (AvgIpc) is 2.35. The molecule has 1 unspecified atom stereocenters. The molecule has 2 atom stereocenters. The van der Waals surface area contributed by atoms with Gasteiger partial charge >= 0.3 is 0 Å². The molecule has 0 aromatic heterocycles. The molecule has 4 N–H and O–H groups in total. The van der Waals surface area contributed by atoms with Gasteiger partial charge in [0, 0.05) is 6.54 Å². The van der Waals surface area contributed by atoms with Gasteiger partial charge in [-0.3, -0.25) is 4.79 Å². The molecule has 0 aliphatic rings. The van der Waals surface area contributed by atoms with Crippen molar-refractivity contribution in [2.24, 2.45) is 11.7 Å². The number of hydrogen-bond acceptors (Lipinski definition) is 3. The minimum absolute atomic E-state index is 0. The Morgan fingerprint density at radius 2 is 1.89 bits per heavy atom. The number of nitrogens with one attached hydrogen (secondary N) is 1. The molecule has 1 aromatic rings. The summed E-state index contributed by atoms with van der Waals surface area (Å²) in [6.07, 6.45) is -0.695. The molecule has 102 valence electrons. The smallest absolute Gasteiger partial charge is 0.237 e. The molecule has 0 fully saturated rings. The summed E-state index contributed by atoms with van der Waals surface area (Å²) in [6, 6.07) is 8.68. The van der Waals surface area contributed by atoms with E-state index in [0.717, 1.165) is 5.56 Å². The van der Waals surface area contributed by atoms with Crippen molar-refractivity contribution in [2.75, 3.05) is 6.54 Å². The minimum Gasteiger partial charge on any atom is -0.387 e. The van der Waals surface area contributed by atoms with Crippen LogP contribution in [0.1, 0.15) is 25.5 Å². The molecule has 4 nitrogen and oxygen atoms in total. The van der Waals surface area contributed by atoms with E-state index in [2.05, 4.69) is 5.32 Å². The highest BCUT2D eigenvalue weighted by molar-refractivity contribution is 5.85. The number of benzene rings is 1. The first-order chi connectivity index (χ1) is 8.02. The largest absolute Gasteiger partial charge is 0.387 e. The third-order valence-corrected chi connectivity index (χ3v) is 2.67. The zero-order valence-corrected chi connectivity index (χ0v) is 11.5. The molecule has 0 radical (unpaired) electrons. The first-order valence-corrected chi connectivity index (χ1v) is 5.78. The topological polar surface area (TPSA) is 75.4 Å². The second kappa shape index (κ2) is 8.08. The van der Waals surface area contributed by atoms with Crippen LogP contribution in [0.25, 0.3) is 0 Å². The van der Waals surface area contributed by atoms with E-state index in [1.165, 1.54) is 0 Å². The second-order valence-corrected chi connectivity index (χ2v) is 4.44. The molecule has 1 rings (SSSR count). The standard InChI is InChI=1S/C13H20N2O2.ClH/c1-9(2)12(14)13(17)15-8-11(16)10-6-4-3-5-7-10;/h3-7,9,11-12,16H,8,14H2,1-2H3,(H,15,17);1H/t11?,12-;/m1./s1. The zero-order chi connectivity index (χ0) is 12.8. The average molecular weight is 273 g/mol. The van der Waals surface area contributed by atoms with E-state index < -0.39 is 12.1 Å². The van der Waals surface area contributed by atoms with Crippen LogP contribution in [-0.2, 0) is 4.79 Å². The summed E-state index contributed by atoms with van der Waals surface area (Å²) in [5.41, 5.74) is 6.47. The highest BCUT2D eigenvalue weighted by Crippen LogP contribution is 2.10. The molecule has 0 aliphatic heterocycles. The summed E-state index contributed by atoms with van der Waals surface area (Å²) in [4.78, 5) is 11.6. The van der Waals surface area contributed by atoms with Crippen molar-refractivity contribution in [3.8, 4) is 0 Å². The lowest BCUT2D eigenvalue weighted by Crippen LogP contribution is -2.45. The van der Waals surface area contributed by atoms with Gasteiger partial charge in [0.25, 0.3) is 0 Å². The van der Waals surface area contributed by atoms with Crippen LogP contribution in [0, 0.1) is 5.92 Å². The van der Waals surface area contributed by atoms with Gasteiger partial charge in [0.15, 0.2) is 0 Å². The fourth-order valence-corrected chi connectivity index (χ4v) is 1.41. The van der Waals surface area contributed by atoms with E-state index in [9.17, 15) is 9.90 Å². The Hall–Kier alpha value is -1.10. The Balaban J connectivity index is 0.00000289. The molecule has 0 bridgehead atoms. The predicted molar refractivity (Wildman–Crippen MR) is 74.5 cm³/mol. The second-order valence-electron chi connectivity index (χ2n) is 4.44. The lowest BCUT2D eigenvalue weighted by atomic mass is 10.0. The fraction of sp³-hybridized carbons (Fsp3) is 0.462. The van der Waals surface area contributed by atoms with Gasteiger partial charge in [-0.1, -0.05) is 44.2 Å². The van der Waals surface area contributed by atoms with E-state index in [1.807, 2.05) is 44.2 Å². The number of nitrogens with two attached hydrogens (primary N) is 1. The number of carbonyl (C=O) groups excluding carboxylic acids is 1. The molecule has 5 heteroatoms. The number of amides is 1. The Labute approximate surface area is 114 Å². The van der Waals surface area contributed by atoms with Crippen molar-refractivity contribution in [1.82, 2.24) is 5.32 Å². The summed E-state index contributed by atoms with van der Waals surface area (Å²) in [7, 11) is 0.